The van der Waals surface area contributed by atoms with Crippen molar-refractivity contribution >= 4 is 69.6 Å². The Bertz CT molecular complexity index is 643. The monoisotopic (exact) mass is 406 g/mol. The summed E-state index contributed by atoms with van der Waals surface area (Å²) >= 11 is 40.2. The fourth-order valence-corrected chi connectivity index (χ4v) is 9.26. The van der Waals surface area contributed by atoms with E-state index in [1.54, 1.807) is 0 Å². The number of ether oxygens (including phenoxy) is 1. The van der Waals surface area contributed by atoms with Crippen LogP contribution >= 0.6 is 69.6 Å². The van der Waals surface area contributed by atoms with Crippen LogP contribution in [-0.2, 0) is 4.74 Å². The largest absolute Gasteiger partial charge is 0.365 e. The summed E-state index contributed by atoms with van der Waals surface area (Å²) in [4.78, 5) is -2.31. The van der Waals surface area contributed by atoms with Gasteiger partial charge in [-0.3, -0.25) is 0 Å². The molecule has 21 heavy (non-hydrogen) atoms. The van der Waals surface area contributed by atoms with Crippen LogP contribution in [0.2, 0.25) is 0 Å². The average Bonchev–Trinajstić information content (AvgIpc) is 3.01. The molecule has 0 aromatic carbocycles. The van der Waals surface area contributed by atoms with Gasteiger partial charge in [0.05, 0.1) is 16.2 Å². The van der Waals surface area contributed by atoms with Gasteiger partial charge in [-0.05, 0) is 23.7 Å². The molecule has 5 aliphatic rings. The molecule has 7 atom stereocenters. The number of fused-ring (bicyclic) bond motifs is 7. The van der Waals surface area contributed by atoms with E-state index in [-0.39, 0.29) is 29.0 Å². The van der Waals surface area contributed by atoms with E-state index < -0.39 is 14.1 Å². The van der Waals surface area contributed by atoms with E-state index in [1.165, 1.54) is 0 Å². The van der Waals surface area contributed by atoms with E-state index >= 15 is 0 Å². The van der Waals surface area contributed by atoms with Crippen LogP contribution in [-0.4, -0.2) is 25.8 Å². The van der Waals surface area contributed by atoms with Gasteiger partial charge >= 0.3 is 0 Å². The number of halogens is 6. The van der Waals surface area contributed by atoms with Gasteiger partial charge in [-0.15, -0.1) is 23.2 Å². The second-order valence-electron chi connectivity index (χ2n) is 7.59. The third kappa shape index (κ3) is 1.01. The Morgan fingerprint density at radius 1 is 1.00 bits per heavy atom. The summed E-state index contributed by atoms with van der Waals surface area (Å²) < 4.78 is 4.68. The first-order chi connectivity index (χ1) is 9.50. The maximum Gasteiger partial charge on any atom is 0.166 e. The lowest BCUT2D eigenvalue weighted by atomic mass is 9.72. The minimum Gasteiger partial charge on any atom is -0.365 e. The zero-order valence-electron chi connectivity index (χ0n) is 11.2. The minimum absolute atomic E-state index is 0.0181. The van der Waals surface area contributed by atoms with Gasteiger partial charge in [0.2, 0.25) is 0 Å². The van der Waals surface area contributed by atoms with Gasteiger partial charge in [0.15, 0.2) is 4.33 Å². The molecule has 1 heterocycles. The summed E-state index contributed by atoms with van der Waals surface area (Å²) in [5.41, 5.74) is -0.357. The first-order valence-electron chi connectivity index (χ1n) is 7.00. The van der Waals surface area contributed by atoms with Crippen LogP contribution in [0, 0.1) is 23.2 Å². The van der Waals surface area contributed by atoms with Crippen LogP contribution in [0.4, 0.5) is 0 Å². The highest BCUT2D eigenvalue weighted by atomic mass is 35.5. The number of hydrogen-bond donors (Lipinski definition) is 0. The summed E-state index contributed by atoms with van der Waals surface area (Å²) in [5.74, 6) is 0.207. The summed E-state index contributed by atoms with van der Waals surface area (Å²) in [6.45, 7) is 4.43. The van der Waals surface area contributed by atoms with Gasteiger partial charge in [-0.1, -0.05) is 60.3 Å². The second-order valence-corrected chi connectivity index (χ2v) is 10.9. The Labute approximate surface area is 153 Å². The minimum atomic E-state index is -1.44. The summed E-state index contributed by atoms with van der Waals surface area (Å²) in [5, 5.41) is 0.600. The van der Waals surface area contributed by atoms with Gasteiger partial charge in [0, 0.05) is 5.92 Å². The standard InChI is InChI=1S/C14H12Cl6O/c1-10(2)4-3-5-13(10,21-5)7-6(4)11(17)8(15)9(16)12(7,18)14(11,19)20/h4-7H,3H2,1-2H3. The van der Waals surface area contributed by atoms with Crippen molar-refractivity contribution in [2.75, 3.05) is 0 Å². The van der Waals surface area contributed by atoms with Crippen molar-refractivity contribution in [3.8, 4) is 0 Å². The Morgan fingerprint density at radius 2 is 1.57 bits per heavy atom. The zero-order valence-corrected chi connectivity index (χ0v) is 15.7. The second kappa shape index (κ2) is 3.39. The number of alkyl halides is 4. The zero-order chi connectivity index (χ0) is 15.4. The number of rotatable bonds is 0. The molecule has 0 aromatic heterocycles. The highest BCUT2D eigenvalue weighted by molar-refractivity contribution is 6.65. The normalized spacial score (nSPS) is 64.0. The molecule has 0 N–H and O–H groups in total. The van der Waals surface area contributed by atoms with Crippen molar-refractivity contribution in [3.63, 3.8) is 0 Å². The fourth-order valence-electron chi connectivity index (χ4n) is 6.17. The van der Waals surface area contributed by atoms with Gasteiger partial charge in [0.25, 0.3) is 0 Å². The van der Waals surface area contributed by atoms with E-state index in [9.17, 15) is 0 Å². The fraction of sp³-hybridized carbons (Fsp3) is 0.857. The van der Waals surface area contributed by atoms with Gasteiger partial charge in [-0.25, -0.2) is 0 Å². The van der Waals surface area contributed by atoms with Crippen molar-refractivity contribution in [1.29, 1.82) is 0 Å². The Balaban J connectivity index is 1.85. The maximum absolute atomic E-state index is 6.96. The molecule has 5 rings (SSSR count). The van der Waals surface area contributed by atoms with Gasteiger partial charge < -0.3 is 4.74 Å². The quantitative estimate of drug-likeness (QED) is 0.393. The molecule has 3 saturated carbocycles. The van der Waals surface area contributed by atoms with Crippen LogP contribution < -0.4 is 0 Å². The highest BCUT2D eigenvalue weighted by Gasteiger charge is 2.96. The number of epoxide rings is 1. The number of allylic oxidation sites excluding steroid dienone is 2. The van der Waals surface area contributed by atoms with Crippen molar-refractivity contribution in [2.45, 2.75) is 46.1 Å². The van der Waals surface area contributed by atoms with Crippen LogP contribution in [0.15, 0.2) is 10.1 Å². The Morgan fingerprint density at radius 3 is 2.19 bits per heavy atom. The molecule has 1 aliphatic heterocycles. The molecule has 4 bridgehead atoms. The molecule has 0 amide bonds. The van der Waals surface area contributed by atoms with Crippen LogP contribution in [0.5, 0.6) is 0 Å². The van der Waals surface area contributed by atoms with Crippen molar-refractivity contribution in [1.82, 2.24) is 0 Å². The lowest BCUT2D eigenvalue weighted by Crippen LogP contribution is -2.50. The smallest absolute Gasteiger partial charge is 0.166 e. The molecule has 1 nitrogen and oxygen atoms in total. The van der Waals surface area contributed by atoms with E-state index in [4.69, 9.17) is 74.3 Å². The van der Waals surface area contributed by atoms with E-state index in [0.29, 0.717) is 16.0 Å². The summed E-state index contributed by atoms with van der Waals surface area (Å²) in [6, 6.07) is 0. The summed E-state index contributed by atoms with van der Waals surface area (Å²) in [7, 11) is 0. The first-order valence-corrected chi connectivity index (χ1v) is 9.27. The molecule has 1 saturated heterocycles. The third-order valence-corrected chi connectivity index (χ3v) is 11.3. The van der Waals surface area contributed by atoms with E-state index in [2.05, 4.69) is 13.8 Å². The van der Waals surface area contributed by atoms with Crippen LogP contribution in [0.25, 0.3) is 0 Å². The number of hydrogen-bond acceptors (Lipinski definition) is 1. The molecule has 7 unspecified atom stereocenters. The van der Waals surface area contributed by atoms with Crippen molar-refractivity contribution in [3.05, 3.63) is 10.1 Å². The SMILES string of the molecule is CC1(C)C2CC3OC31C1C2C2(Cl)C(Cl)=C(Cl)C1(Cl)C2(Cl)Cl. The molecule has 0 aromatic rings. The maximum atomic E-state index is 6.96. The van der Waals surface area contributed by atoms with Crippen molar-refractivity contribution in [2.24, 2.45) is 23.2 Å². The van der Waals surface area contributed by atoms with Crippen LogP contribution in [0.1, 0.15) is 20.3 Å². The molecule has 4 fully saturated rings. The Kier molecular flexibility index (Phi) is 2.38. The van der Waals surface area contributed by atoms with Gasteiger partial charge in [-0.2, -0.15) is 0 Å². The molecule has 4 aliphatic carbocycles. The molecule has 0 radical (unpaired) electrons. The first kappa shape index (κ1) is 14.8. The van der Waals surface area contributed by atoms with Crippen LogP contribution in [0.3, 0.4) is 0 Å². The highest BCUT2D eigenvalue weighted by Crippen LogP contribution is 2.89. The average molecular weight is 409 g/mol. The Hall–Kier alpha value is 1.44. The lowest BCUT2D eigenvalue weighted by Gasteiger charge is -2.39. The van der Waals surface area contributed by atoms with E-state index in [0.717, 1.165) is 6.42 Å². The lowest BCUT2D eigenvalue weighted by molar-refractivity contribution is 0.0895. The van der Waals surface area contributed by atoms with Gasteiger partial charge in [0.1, 0.15) is 15.3 Å². The van der Waals surface area contributed by atoms with E-state index in [1.807, 2.05) is 0 Å². The predicted octanol–water partition coefficient (Wildman–Crippen LogP) is 5.26. The molecular formula is C14H12Cl6O. The third-order valence-electron chi connectivity index (χ3n) is 7.05. The molecular weight excluding hydrogens is 397 g/mol. The molecule has 116 valence electrons. The molecule has 1 spiro atoms. The topological polar surface area (TPSA) is 12.5 Å². The summed E-state index contributed by atoms with van der Waals surface area (Å²) in [6.07, 6.45) is 1.17. The molecule has 7 heteroatoms. The predicted molar refractivity (Wildman–Crippen MR) is 86.8 cm³/mol. The van der Waals surface area contributed by atoms with Crippen molar-refractivity contribution < 1.29 is 4.74 Å².